The van der Waals surface area contributed by atoms with Crippen molar-refractivity contribution in [3.05, 3.63) is 29.8 Å². The normalized spacial score (nSPS) is 16.2. The van der Waals surface area contributed by atoms with E-state index in [4.69, 9.17) is 14.8 Å². The number of nitrogens with zero attached hydrogens (tertiary/aromatic N) is 2. The summed E-state index contributed by atoms with van der Waals surface area (Å²) in [6.07, 6.45) is 2.47. The molecule has 1 aliphatic heterocycles. The smallest absolute Gasteiger partial charge is 0.191 e. The molecule has 0 bridgehead atoms. The SMILES string of the molecule is CCNC(=NCC(c1ccccc1OC)N1CCCC1)NCCO.I. The molecular formula is C18H31IN4O2. The van der Waals surface area contributed by atoms with E-state index >= 15 is 0 Å². The summed E-state index contributed by atoms with van der Waals surface area (Å²) in [4.78, 5) is 7.22. The quantitative estimate of drug-likeness (QED) is 0.313. The van der Waals surface area contributed by atoms with Crippen LogP contribution in [-0.2, 0) is 0 Å². The summed E-state index contributed by atoms with van der Waals surface area (Å²) in [5.74, 6) is 1.66. The number of aliphatic imine (C=N–C) groups is 1. The van der Waals surface area contributed by atoms with Crippen molar-refractivity contribution in [2.45, 2.75) is 25.8 Å². The summed E-state index contributed by atoms with van der Waals surface area (Å²) in [6, 6.07) is 8.40. The molecule has 0 saturated carbocycles. The molecule has 6 nitrogen and oxygen atoms in total. The first-order valence-corrected chi connectivity index (χ1v) is 8.80. The van der Waals surface area contributed by atoms with Crippen LogP contribution in [-0.4, -0.2) is 62.4 Å². The standard InChI is InChI=1S/C18H30N4O2.HI/c1-3-19-18(20-10-13-23)21-14-16(22-11-6-7-12-22)15-8-4-5-9-17(15)24-2;/h4-5,8-9,16,23H,3,6-7,10-14H2,1-2H3,(H2,19,20,21);1H. The summed E-state index contributed by atoms with van der Waals surface area (Å²) in [6.45, 7) is 6.26. The van der Waals surface area contributed by atoms with Crippen LogP contribution < -0.4 is 15.4 Å². The number of methoxy groups -OCH3 is 1. The van der Waals surface area contributed by atoms with Gasteiger partial charge in [0.15, 0.2) is 5.96 Å². The number of guanidine groups is 1. The van der Waals surface area contributed by atoms with Crippen molar-refractivity contribution in [3.63, 3.8) is 0 Å². The van der Waals surface area contributed by atoms with Gasteiger partial charge in [0.2, 0.25) is 0 Å². The average molecular weight is 462 g/mol. The summed E-state index contributed by atoms with van der Waals surface area (Å²) in [7, 11) is 1.72. The number of aliphatic hydroxyl groups excluding tert-OH is 1. The van der Waals surface area contributed by atoms with Crippen molar-refractivity contribution in [1.29, 1.82) is 0 Å². The van der Waals surface area contributed by atoms with Gasteiger partial charge in [-0.3, -0.25) is 9.89 Å². The summed E-state index contributed by atoms with van der Waals surface area (Å²) >= 11 is 0. The molecule has 1 fully saturated rings. The first kappa shape index (κ1) is 22.0. The second kappa shape index (κ2) is 12.3. The maximum absolute atomic E-state index is 9.01. The minimum atomic E-state index is 0. The van der Waals surface area contributed by atoms with Crippen LogP contribution in [0.5, 0.6) is 5.75 Å². The van der Waals surface area contributed by atoms with Gasteiger partial charge in [-0.05, 0) is 38.9 Å². The molecule has 1 atom stereocenters. The van der Waals surface area contributed by atoms with E-state index in [-0.39, 0.29) is 36.6 Å². The highest BCUT2D eigenvalue weighted by Gasteiger charge is 2.25. The molecule has 1 aromatic carbocycles. The van der Waals surface area contributed by atoms with Crippen molar-refractivity contribution >= 4 is 29.9 Å². The number of halogens is 1. The fraction of sp³-hybridized carbons (Fsp3) is 0.611. The Morgan fingerprint density at radius 1 is 1.28 bits per heavy atom. The van der Waals surface area contributed by atoms with Crippen LogP contribution in [0.1, 0.15) is 31.4 Å². The summed E-state index contributed by atoms with van der Waals surface area (Å²) < 4.78 is 5.57. The number of likely N-dealkylation sites (tertiary alicyclic amines) is 1. The van der Waals surface area contributed by atoms with Crippen LogP contribution in [0.3, 0.4) is 0 Å². The van der Waals surface area contributed by atoms with E-state index in [1.54, 1.807) is 7.11 Å². The van der Waals surface area contributed by atoms with Crippen LogP contribution in [0.15, 0.2) is 29.3 Å². The van der Waals surface area contributed by atoms with Gasteiger partial charge < -0.3 is 20.5 Å². The van der Waals surface area contributed by atoms with Gasteiger partial charge in [0, 0.05) is 18.7 Å². The molecule has 0 aromatic heterocycles. The second-order valence-corrected chi connectivity index (χ2v) is 5.87. The van der Waals surface area contributed by atoms with E-state index in [9.17, 15) is 0 Å². The zero-order chi connectivity index (χ0) is 17.2. The highest BCUT2D eigenvalue weighted by Crippen LogP contribution is 2.31. The molecule has 1 saturated heterocycles. The molecule has 142 valence electrons. The lowest BCUT2D eigenvalue weighted by Gasteiger charge is -2.28. The zero-order valence-corrected chi connectivity index (χ0v) is 17.5. The van der Waals surface area contributed by atoms with Crippen molar-refractivity contribution in [3.8, 4) is 5.75 Å². The Balaban J connectivity index is 0.00000312. The molecule has 7 heteroatoms. The number of hydrogen-bond donors (Lipinski definition) is 3. The Morgan fingerprint density at radius 2 is 2.00 bits per heavy atom. The molecule has 25 heavy (non-hydrogen) atoms. The van der Waals surface area contributed by atoms with Crippen LogP contribution >= 0.6 is 24.0 Å². The highest BCUT2D eigenvalue weighted by molar-refractivity contribution is 14.0. The number of para-hydroxylation sites is 1. The van der Waals surface area contributed by atoms with Crippen LogP contribution in [0.4, 0.5) is 0 Å². The predicted octanol–water partition coefficient (Wildman–Crippen LogP) is 2.00. The van der Waals surface area contributed by atoms with E-state index in [2.05, 4.69) is 27.7 Å². The van der Waals surface area contributed by atoms with Gasteiger partial charge in [-0.1, -0.05) is 18.2 Å². The van der Waals surface area contributed by atoms with E-state index in [1.165, 1.54) is 18.4 Å². The molecule has 0 amide bonds. The summed E-state index contributed by atoms with van der Waals surface area (Å²) in [5.41, 5.74) is 1.18. The first-order valence-electron chi connectivity index (χ1n) is 8.80. The lowest BCUT2D eigenvalue weighted by molar-refractivity contribution is 0.245. The third-order valence-electron chi connectivity index (χ3n) is 4.25. The minimum absolute atomic E-state index is 0. The molecule has 1 heterocycles. The Bertz CT molecular complexity index is 522. The van der Waals surface area contributed by atoms with Crippen molar-refractivity contribution in [2.24, 2.45) is 4.99 Å². The molecule has 3 N–H and O–H groups in total. The second-order valence-electron chi connectivity index (χ2n) is 5.87. The largest absolute Gasteiger partial charge is 0.496 e. The van der Waals surface area contributed by atoms with Crippen LogP contribution in [0.2, 0.25) is 0 Å². The molecule has 1 unspecified atom stereocenters. The number of nitrogens with one attached hydrogen (secondary N) is 2. The maximum Gasteiger partial charge on any atom is 0.191 e. The fourth-order valence-corrected chi connectivity index (χ4v) is 3.10. The topological polar surface area (TPSA) is 69.1 Å². The molecule has 0 radical (unpaired) electrons. The number of aliphatic hydroxyl groups is 1. The van der Waals surface area contributed by atoms with Gasteiger partial charge in [0.1, 0.15) is 5.75 Å². The monoisotopic (exact) mass is 462 g/mol. The van der Waals surface area contributed by atoms with E-state index in [0.717, 1.165) is 31.3 Å². The molecule has 0 aliphatic carbocycles. The van der Waals surface area contributed by atoms with E-state index < -0.39 is 0 Å². The average Bonchev–Trinajstić information content (AvgIpc) is 3.14. The lowest BCUT2D eigenvalue weighted by Crippen LogP contribution is -2.39. The van der Waals surface area contributed by atoms with Gasteiger partial charge in [0.05, 0.1) is 26.3 Å². The van der Waals surface area contributed by atoms with Gasteiger partial charge in [-0.15, -0.1) is 24.0 Å². The van der Waals surface area contributed by atoms with Gasteiger partial charge in [-0.2, -0.15) is 0 Å². The number of benzene rings is 1. The fourth-order valence-electron chi connectivity index (χ4n) is 3.10. The lowest BCUT2D eigenvalue weighted by atomic mass is 10.0. The first-order chi connectivity index (χ1) is 11.8. The number of ether oxygens (including phenoxy) is 1. The molecular weight excluding hydrogens is 431 g/mol. The number of hydrogen-bond acceptors (Lipinski definition) is 4. The van der Waals surface area contributed by atoms with Crippen molar-refractivity contribution in [2.75, 3.05) is 46.4 Å². The maximum atomic E-state index is 9.01. The third-order valence-corrected chi connectivity index (χ3v) is 4.25. The van der Waals surface area contributed by atoms with Crippen LogP contribution in [0.25, 0.3) is 0 Å². The Labute approximate surface area is 168 Å². The van der Waals surface area contributed by atoms with Crippen molar-refractivity contribution in [1.82, 2.24) is 15.5 Å². The highest BCUT2D eigenvalue weighted by atomic mass is 127. The van der Waals surface area contributed by atoms with Crippen molar-refractivity contribution < 1.29 is 9.84 Å². The molecule has 0 spiro atoms. The Hall–Kier alpha value is -1.06. The molecule has 1 aliphatic rings. The molecule has 2 rings (SSSR count). The predicted molar refractivity (Wildman–Crippen MR) is 113 cm³/mol. The Morgan fingerprint density at radius 3 is 2.64 bits per heavy atom. The summed E-state index contributed by atoms with van der Waals surface area (Å²) in [5, 5.41) is 15.4. The molecule has 1 aromatic rings. The Kier molecular flexibility index (Phi) is 10.8. The minimum Gasteiger partial charge on any atom is -0.496 e. The zero-order valence-electron chi connectivity index (χ0n) is 15.2. The van der Waals surface area contributed by atoms with Gasteiger partial charge in [0.25, 0.3) is 0 Å². The third kappa shape index (κ3) is 6.63. The van der Waals surface area contributed by atoms with E-state index in [1.807, 2.05) is 19.1 Å². The van der Waals surface area contributed by atoms with Gasteiger partial charge >= 0.3 is 0 Å². The van der Waals surface area contributed by atoms with E-state index in [0.29, 0.717) is 13.1 Å². The number of rotatable bonds is 8. The van der Waals surface area contributed by atoms with Crippen LogP contribution in [0, 0.1) is 0 Å². The van der Waals surface area contributed by atoms with Gasteiger partial charge in [-0.25, -0.2) is 0 Å².